The molecule has 0 aliphatic rings. The third kappa shape index (κ3) is 2.58. The minimum Gasteiger partial charge on any atom is -0.295 e. The molecule has 90 valence electrons. The smallest absolute Gasteiger partial charge is 0.255 e. The number of halogens is 1. The second-order valence-corrected chi connectivity index (χ2v) is 4.32. The summed E-state index contributed by atoms with van der Waals surface area (Å²) >= 11 is 5.63. The van der Waals surface area contributed by atoms with E-state index in [-0.39, 0.29) is 10.7 Å². The largest absolute Gasteiger partial charge is 0.295 e. The van der Waals surface area contributed by atoms with Crippen molar-refractivity contribution in [3.8, 4) is 6.07 Å². The number of hydrogen-bond acceptors (Lipinski definition) is 3. The summed E-state index contributed by atoms with van der Waals surface area (Å²) in [4.78, 5) is 15.5. The van der Waals surface area contributed by atoms with Crippen LogP contribution in [0.5, 0.6) is 0 Å². The maximum atomic E-state index is 11.7. The molecule has 18 heavy (non-hydrogen) atoms. The zero-order chi connectivity index (χ0) is 13.1. The van der Waals surface area contributed by atoms with E-state index in [1.165, 1.54) is 17.0 Å². The second-order valence-electron chi connectivity index (χ2n) is 3.93. The maximum Gasteiger partial charge on any atom is 0.255 e. The molecule has 5 heteroatoms. The van der Waals surface area contributed by atoms with Crippen LogP contribution in [-0.2, 0) is 6.54 Å². The van der Waals surface area contributed by atoms with Crippen LogP contribution in [0.25, 0.3) is 0 Å². The Hall–Kier alpha value is -2.12. The first-order valence-corrected chi connectivity index (χ1v) is 5.69. The standard InChI is InChI=1S/C13H10ClN3O/c1-9-4-10(6-15)2-3-11(9)7-17-8-16-12(14)5-13(17)18/h2-5,8H,7H2,1H3. The Labute approximate surface area is 109 Å². The van der Waals surface area contributed by atoms with E-state index in [1.807, 2.05) is 13.0 Å². The molecule has 0 atom stereocenters. The number of nitrogens with zero attached hydrogens (tertiary/aromatic N) is 3. The molecule has 1 aromatic heterocycles. The Balaban J connectivity index is 2.35. The van der Waals surface area contributed by atoms with Crippen LogP contribution in [0, 0.1) is 18.3 Å². The van der Waals surface area contributed by atoms with Crippen molar-refractivity contribution < 1.29 is 0 Å². The summed E-state index contributed by atoms with van der Waals surface area (Å²) in [7, 11) is 0. The van der Waals surface area contributed by atoms with Gasteiger partial charge in [-0.25, -0.2) is 4.98 Å². The average Bonchev–Trinajstić information content (AvgIpc) is 2.34. The molecular formula is C13H10ClN3O. The third-order valence-electron chi connectivity index (χ3n) is 2.66. The molecule has 1 heterocycles. The molecule has 4 nitrogen and oxygen atoms in total. The highest BCUT2D eigenvalue weighted by Gasteiger charge is 2.03. The Morgan fingerprint density at radius 3 is 2.83 bits per heavy atom. The first kappa shape index (κ1) is 12.3. The molecule has 0 radical (unpaired) electrons. The molecule has 0 unspecified atom stereocenters. The topological polar surface area (TPSA) is 58.7 Å². The molecule has 0 aliphatic heterocycles. The number of nitriles is 1. The Bertz CT molecular complexity index is 685. The van der Waals surface area contributed by atoms with E-state index in [4.69, 9.17) is 16.9 Å². The molecule has 0 N–H and O–H groups in total. The monoisotopic (exact) mass is 259 g/mol. The van der Waals surface area contributed by atoms with Crippen LogP contribution in [0.1, 0.15) is 16.7 Å². The second kappa shape index (κ2) is 5.03. The van der Waals surface area contributed by atoms with Crippen LogP contribution in [-0.4, -0.2) is 9.55 Å². The predicted molar refractivity (Wildman–Crippen MR) is 68.5 cm³/mol. The van der Waals surface area contributed by atoms with Gasteiger partial charge in [-0.2, -0.15) is 5.26 Å². The quantitative estimate of drug-likeness (QED) is 0.777. The molecule has 0 fully saturated rings. The first-order chi connectivity index (χ1) is 8.60. The summed E-state index contributed by atoms with van der Waals surface area (Å²) in [5.74, 6) is 0. The zero-order valence-corrected chi connectivity index (χ0v) is 10.5. The summed E-state index contributed by atoms with van der Waals surface area (Å²) < 4.78 is 1.47. The van der Waals surface area contributed by atoms with Crippen LogP contribution in [0.2, 0.25) is 5.15 Å². The number of aryl methyl sites for hydroxylation is 1. The van der Waals surface area contributed by atoms with Gasteiger partial charge in [0.1, 0.15) is 5.15 Å². The Morgan fingerprint density at radius 1 is 1.44 bits per heavy atom. The number of aromatic nitrogens is 2. The Morgan fingerprint density at radius 2 is 2.22 bits per heavy atom. The fraction of sp³-hybridized carbons (Fsp3) is 0.154. The van der Waals surface area contributed by atoms with Crippen LogP contribution in [0.4, 0.5) is 0 Å². The first-order valence-electron chi connectivity index (χ1n) is 5.32. The van der Waals surface area contributed by atoms with E-state index in [0.717, 1.165) is 11.1 Å². The molecule has 0 saturated carbocycles. The molecule has 0 saturated heterocycles. The van der Waals surface area contributed by atoms with E-state index >= 15 is 0 Å². The van der Waals surface area contributed by atoms with Gasteiger partial charge >= 0.3 is 0 Å². The lowest BCUT2D eigenvalue weighted by Crippen LogP contribution is -2.20. The summed E-state index contributed by atoms with van der Waals surface area (Å²) in [6.07, 6.45) is 1.42. The maximum absolute atomic E-state index is 11.7. The van der Waals surface area contributed by atoms with Gasteiger partial charge in [-0.1, -0.05) is 17.7 Å². The fourth-order valence-electron chi connectivity index (χ4n) is 1.65. The molecule has 1 aromatic carbocycles. The van der Waals surface area contributed by atoms with Crippen molar-refractivity contribution in [3.05, 3.63) is 62.8 Å². The van der Waals surface area contributed by atoms with Crippen molar-refractivity contribution in [2.75, 3.05) is 0 Å². The van der Waals surface area contributed by atoms with Gasteiger partial charge in [0, 0.05) is 6.07 Å². The lowest BCUT2D eigenvalue weighted by molar-refractivity contribution is 0.732. The average molecular weight is 260 g/mol. The van der Waals surface area contributed by atoms with E-state index < -0.39 is 0 Å². The summed E-state index contributed by atoms with van der Waals surface area (Å²) in [6.45, 7) is 2.32. The number of benzene rings is 1. The van der Waals surface area contributed by atoms with Crippen LogP contribution < -0.4 is 5.56 Å². The zero-order valence-electron chi connectivity index (χ0n) is 9.72. The van der Waals surface area contributed by atoms with Gasteiger partial charge in [0.05, 0.1) is 24.5 Å². The Kier molecular flexibility index (Phi) is 3.45. The minimum atomic E-state index is -0.196. The molecule has 2 rings (SSSR count). The van der Waals surface area contributed by atoms with Crippen molar-refractivity contribution >= 4 is 11.6 Å². The van der Waals surface area contributed by atoms with Gasteiger partial charge in [0.15, 0.2) is 0 Å². The summed E-state index contributed by atoms with van der Waals surface area (Å²) in [5, 5.41) is 8.98. The van der Waals surface area contributed by atoms with Crippen molar-refractivity contribution in [2.24, 2.45) is 0 Å². The minimum absolute atomic E-state index is 0.188. The molecular weight excluding hydrogens is 250 g/mol. The molecule has 0 bridgehead atoms. The number of rotatable bonds is 2. The van der Waals surface area contributed by atoms with Crippen molar-refractivity contribution in [1.29, 1.82) is 5.26 Å². The van der Waals surface area contributed by atoms with Gasteiger partial charge in [-0.05, 0) is 30.2 Å². The fourth-order valence-corrected chi connectivity index (χ4v) is 1.79. The van der Waals surface area contributed by atoms with E-state index in [0.29, 0.717) is 12.1 Å². The highest BCUT2D eigenvalue weighted by molar-refractivity contribution is 6.29. The highest BCUT2D eigenvalue weighted by atomic mass is 35.5. The molecule has 0 amide bonds. The van der Waals surface area contributed by atoms with E-state index in [1.54, 1.807) is 12.1 Å². The lowest BCUT2D eigenvalue weighted by atomic mass is 10.1. The van der Waals surface area contributed by atoms with Crippen molar-refractivity contribution in [1.82, 2.24) is 9.55 Å². The molecule has 0 aliphatic carbocycles. The summed E-state index contributed by atoms with van der Waals surface area (Å²) in [6, 6.07) is 8.73. The van der Waals surface area contributed by atoms with E-state index in [2.05, 4.69) is 11.1 Å². The van der Waals surface area contributed by atoms with Gasteiger partial charge in [0.2, 0.25) is 0 Å². The molecule has 2 aromatic rings. The van der Waals surface area contributed by atoms with Crippen LogP contribution >= 0.6 is 11.6 Å². The van der Waals surface area contributed by atoms with E-state index in [9.17, 15) is 4.79 Å². The highest BCUT2D eigenvalue weighted by Crippen LogP contribution is 2.11. The van der Waals surface area contributed by atoms with Gasteiger partial charge in [-0.3, -0.25) is 9.36 Å². The van der Waals surface area contributed by atoms with Gasteiger partial charge in [0.25, 0.3) is 5.56 Å². The lowest BCUT2D eigenvalue weighted by Gasteiger charge is -2.08. The van der Waals surface area contributed by atoms with Gasteiger partial charge in [-0.15, -0.1) is 0 Å². The van der Waals surface area contributed by atoms with Crippen molar-refractivity contribution in [3.63, 3.8) is 0 Å². The van der Waals surface area contributed by atoms with Gasteiger partial charge < -0.3 is 0 Å². The third-order valence-corrected chi connectivity index (χ3v) is 2.87. The van der Waals surface area contributed by atoms with Crippen LogP contribution in [0.3, 0.4) is 0 Å². The van der Waals surface area contributed by atoms with Crippen molar-refractivity contribution in [2.45, 2.75) is 13.5 Å². The molecule has 0 spiro atoms. The predicted octanol–water partition coefficient (Wildman–Crippen LogP) is 2.13. The normalized spacial score (nSPS) is 10.1. The summed E-state index contributed by atoms with van der Waals surface area (Å²) in [5.41, 5.74) is 2.35. The number of hydrogen-bond donors (Lipinski definition) is 0. The van der Waals surface area contributed by atoms with Crippen LogP contribution in [0.15, 0.2) is 35.4 Å². The SMILES string of the molecule is Cc1cc(C#N)ccc1Cn1cnc(Cl)cc1=O.